The summed E-state index contributed by atoms with van der Waals surface area (Å²) in [6, 6.07) is 13.2. The van der Waals surface area contributed by atoms with Crippen molar-refractivity contribution in [1.29, 1.82) is 0 Å². The van der Waals surface area contributed by atoms with E-state index >= 15 is 0 Å². The lowest BCUT2D eigenvalue weighted by Gasteiger charge is -2.30. The molecule has 0 unspecified atom stereocenters. The minimum Gasteiger partial charge on any atom is -0.494 e. The smallest absolute Gasteiger partial charge is 0.309 e. The molecule has 0 amide bonds. The third-order valence-corrected chi connectivity index (χ3v) is 7.32. The first kappa shape index (κ1) is 24.7. The van der Waals surface area contributed by atoms with Crippen LogP contribution in [0, 0.1) is 5.92 Å². The number of rotatable bonds is 10. The number of ketones is 1. The first-order valence-electron chi connectivity index (χ1n) is 11.0. The van der Waals surface area contributed by atoms with Gasteiger partial charge in [-0.1, -0.05) is 12.1 Å². The highest BCUT2D eigenvalue weighted by molar-refractivity contribution is 7.89. The molecule has 0 bridgehead atoms. The Morgan fingerprint density at radius 1 is 0.970 bits per heavy atom. The maximum Gasteiger partial charge on any atom is 0.309 e. The number of nitrogens with zero attached hydrogens (tertiary/aromatic N) is 1. The number of piperidine rings is 1. The van der Waals surface area contributed by atoms with Crippen LogP contribution in [-0.4, -0.2) is 57.4 Å². The second-order valence-electron chi connectivity index (χ2n) is 7.65. The van der Waals surface area contributed by atoms with Crippen molar-refractivity contribution in [1.82, 2.24) is 4.31 Å². The number of carbonyl (C=O) groups is 2. The fourth-order valence-corrected chi connectivity index (χ4v) is 5.12. The molecule has 9 heteroatoms. The minimum absolute atomic E-state index is 0.0514. The van der Waals surface area contributed by atoms with E-state index in [1.165, 1.54) is 23.4 Å². The first-order valence-corrected chi connectivity index (χ1v) is 12.4. The molecule has 0 radical (unpaired) electrons. The molecule has 1 aliphatic rings. The van der Waals surface area contributed by atoms with Crippen LogP contribution in [0.1, 0.15) is 37.0 Å². The summed E-state index contributed by atoms with van der Waals surface area (Å²) in [5.74, 6) is 0.243. The average Bonchev–Trinajstić information content (AvgIpc) is 2.82. The topological polar surface area (TPSA) is 99.2 Å². The molecule has 3 rings (SSSR count). The van der Waals surface area contributed by atoms with Gasteiger partial charge in [0.15, 0.2) is 5.78 Å². The van der Waals surface area contributed by atoms with Gasteiger partial charge in [0, 0.05) is 13.1 Å². The third kappa shape index (κ3) is 6.33. The zero-order valence-corrected chi connectivity index (χ0v) is 19.7. The Bertz CT molecular complexity index is 1060. The van der Waals surface area contributed by atoms with Crippen molar-refractivity contribution in [2.24, 2.45) is 5.92 Å². The Morgan fingerprint density at radius 3 is 2.27 bits per heavy atom. The quantitative estimate of drug-likeness (QED) is 0.295. The number of sulfonamides is 1. The van der Waals surface area contributed by atoms with Gasteiger partial charge in [0.05, 0.1) is 23.0 Å². The molecule has 0 spiro atoms. The average molecular weight is 476 g/mol. The number of Topliss-reactive ketones (excluding diaryl/α,β-unsaturated/α-hetero) is 1. The number of esters is 1. The summed E-state index contributed by atoms with van der Waals surface area (Å²) in [6.07, 6.45) is 0.784. The monoisotopic (exact) mass is 475 g/mol. The van der Waals surface area contributed by atoms with Crippen LogP contribution in [-0.2, 0) is 19.6 Å². The fourth-order valence-electron chi connectivity index (χ4n) is 3.65. The maximum atomic E-state index is 12.9. The molecule has 1 heterocycles. The normalized spacial score (nSPS) is 15.1. The van der Waals surface area contributed by atoms with Gasteiger partial charge < -0.3 is 14.2 Å². The van der Waals surface area contributed by atoms with E-state index in [1.807, 2.05) is 6.92 Å². The molecule has 178 valence electrons. The van der Waals surface area contributed by atoms with Crippen LogP contribution in [0.5, 0.6) is 11.5 Å². The Kier molecular flexibility index (Phi) is 8.46. The molecule has 33 heavy (non-hydrogen) atoms. The van der Waals surface area contributed by atoms with E-state index < -0.39 is 10.0 Å². The Morgan fingerprint density at radius 2 is 1.64 bits per heavy atom. The van der Waals surface area contributed by atoms with Crippen LogP contribution in [0.2, 0.25) is 0 Å². The van der Waals surface area contributed by atoms with Gasteiger partial charge in [-0.05, 0) is 63.1 Å². The highest BCUT2D eigenvalue weighted by Gasteiger charge is 2.32. The van der Waals surface area contributed by atoms with Crippen LogP contribution in [0.4, 0.5) is 0 Å². The molecule has 2 aromatic rings. The first-order chi connectivity index (χ1) is 15.8. The summed E-state index contributed by atoms with van der Waals surface area (Å²) < 4.78 is 43.4. The molecule has 0 saturated carbocycles. The third-order valence-electron chi connectivity index (χ3n) is 5.41. The van der Waals surface area contributed by atoms with Crippen molar-refractivity contribution in [3.63, 3.8) is 0 Å². The van der Waals surface area contributed by atoms with Gasteiger partial charge in [-0.3, -0.25) is 9.59 Å². The Hall–Kier alpha value is -2.91. The summed E-state index contributed by atoms with van der Waals surface area (Å²) in [5, 5.41) is 0. The molecule has 1 fully saturated rings. The van der Waals surface area contributed by atoms with Gasteiger partial charge in [0.2, 0.25) is 10.0 Å². The van der Waals surface area contributed by atoms with Gasteiger partial charge in [0.1, 0.15) is 24.7 Å². The zero-order chi connectivity index (χ0) is 23.8. The standard InChI is InChI=1S/C24H29NO7S/c1-3-30-20-8-10-21(11-9-20)33(28,29)25-14-12-19(13-15-25)24(27)32-17-16-31-23-7-5-4-6-22(23)18(2)26/h4-11,19H,3,12-17H2,1-2H3. The molecule has 1 saturated heterocycles. The van der Waals surface area contributed by atoms with Crippen LogP contribution >= 0.6 is 0 Å². The van der Waals surface area contributed by atoms with Gasteiger partial charge in [-0.2, -0.15) is 4.31 Å². The minimum atomic E-state index is -3.63. The van der Waals surface area contributed by atoms with Gasteiger partial charge in [-0.25, -0.2) is 8.42 Å². The van der Waals surface area contributed by atoms with Crippen LogP contribution in [0.15, 0.2) is 53.4 Å². The molecule has 2 aromatic carbocycles. The number of carbonyl (C=O) groups excluding carboxylic acids is 2. The van der Waals surface area contributed by atoms with E-state index in [9.17, 15) is 18.0 Å². The van der Waals surface area contributed by atoms with Crippen molar-refractivity contribution < 1.29 is 32.2 Å². The molecular weight excluding hydrogens is 446 g/mol. The second kappa shape index (κ2) is 11.3. The summed E-state index contributed by atoms with van der Waals surface area (Å²) in [4.78, 5) is 24.2. The van der Waals surface area contributed by atoms with E-state index in [0.717, 1.165) is 0 Å². The van der Waals surface area contributed by atoms with E-state index in [2.05, 4.69) is 0 Å². The lowest BCUT2D eigenvalue weighted by molar-refractivity contribution is -0.150. The molecule has 8 nitrogen and oxygen atoms in total. The molecular formula is C24H29NO7S. The van der Waals surface area contributed by atoms with Crippen LogP contribution in [0.3, 0.4) is 0 Å². The zero-order valence-electron chi connectivity index (χ0n) is 18.9. The Balaban J connectivity index is 1.45. The second-order valence-corrected chi connectivity index (χ2v) is 9.59. The van der Waals surface area contributed by atoms with E-state index in [-0.39, 0.29) is 48.9 Å². The van der Waals surface area contributed by atoms with Crippen molar-refractivity contribution in [3.05, 3.63) is 54.1 Å². The molecule has 0 aromatic heterocycles. The van der Waals surface area contributed by atoms with Crippen LogP contribution < -0.4 is 9.47 Å². The van der Waals surface area contributed by atoms with Crippen molar-refractivity contribution in [2.75, 3.05) is 32.9 Å². The number of hydrogen-bond donors (Lipinski definition) is 0. The highest BCUT2D eigenvalue weighted by Crippen LogP contribution is 2.26. The maximum absolute atomic E-state index is 12.9. The van der Waals surface area contributed by atoms with E-state index in [1.54, 1.807) is 36.4 Å². The molecule has 0 aliphatic carbocycles. The number of hydrogen-bond acceptors (Lipinski definition) is 7. The van der Waals surface area contributed by atoms with E-state index in [4.69, 9.17) is 14.2 Å². The lowest BCUT2D eigenvalue weighted by Crippen LogP contribution is -2.40. The van der Waals surface area contributed by atoms with Gasteiger partial charge in [0.25, 0.3) is 0 Å². The van der Waals surface area contributed by atoms with Crippen molar-refractivity contribution in [3.8, 4) is 11.5 Å². The summed E-state index contributed by atoms with van der Waals surface area (Å²) in [6.45, 7) is 4.51. The summed E-state index contributed by atoms with van der Waals surface area (Å²) in [7, 11) is -3.63. The number of ether oxygens (including phenoxy) is 3. The number of para-hydroxylation sites is 1. The summed E-state index contributed by atoms with van der Waals surface area (Å²) in [5.41, 5.74) is 0.477. The predicted octanol–water partition coefficient (Wildman–Crippen LogP) is 3.31. The predicted molar refractivity (Wildman–Crippen MR) is 122 cm³/mol. The molecule has 1 aliphatic heterocycles. The van der Waals surface area contributed by atoms with Crippen LogP contribution in [0.25, 0.3) is 0 Å². The molecule has 0 N–H and O–H groups in total. The Labute approximate surface area is 194 Å². The SMILES string of the molecule is CCOc1ccc(S(=O)(=O)N2CCC(C(=O)OCCOc3ccccc3C(C)=O)CC2)cc1. The van der Waals surface area contributed by atoms with Gasteiger partial charge in [-0.15, -0.1) is 0 Å². The largest absolute Gasteiger partial charge is 0.494 e. The fraction of sp³-hybridized carbons (Fsp3) is 0.417. The van der Waals surface area contributed by atoms with Crippen molar-refractivity contribution in [2.45, 2.75) is 31.6 Å². The van der Waals surface area contributed by atoms with Crippen molar-refractivity contribution >= 4 is 21.8 Å². The summed E-state index contributed by atoms with van der Waals surface area (Å²) >= 11 is 0. The van der Waals surface area contributed by atoms with Gasteiger partial charge >= 0.3 is 5.97 Å². The van der Waals surface area contributed by atoms with E-state index in [0.29, 0.717) is 36.5 Å². The highest BCUT2D eigenvalue weighted by atomic mass is 32.2. The lowest BCUT2D eigenvalue weighted by atomic mass is 9.98. The molecule has 0 atom stereocenters. The number of benzene rings is 2.